The van der Waals surface area contributed by atoms with Crippen molar-refractivity contribution in [1.29, 1.82) is 0 Å². The van der Waals surface area contributed by atoms with E-state index in [0.717, 1.165) is 19.2 Å². The molecule has 0 aliphatic carbocycles. The van der Waals surface area contributed by atoms with Crippen molar-refractivity contribution in [2.45, 2.75) is 24.6 Å². The molecule has 0 unspecified atom stereocenters. The van der Waals surface area contributed by atoms with Gasteiger partial charge < -0.3 is 20.1 Å². The normalized spacial score (nSPS) is 12.2. The number of nitrogens with one attached hydrogen (secondary N) is 2. The van der Waals surface area contributed by atoms with Crippen molar-refractivity contribution in [3.8, 4) is 5.75 Å². The zero-order valence-corrected chi connectivity index (χ0v) is 19.4. The van der Waals surface area contributed by atoms with Crippen LogP contribution in [0.1, 0.15) is 15.9 Å². The van der Waals surface area contributed by atoms with Gasteiger partial charge in [-0.2, -0.15) is 35.1 Å². The first kappa shape index (κ1) is 29.7. The first-order valence-electron chi connectivity index (χ1n) is 9.34. The molecule has 2 amide bonds. The molecular formula is C20H12BrF9N2O5. The van der Waals surface area contributed by atoms with Crippen molar-refractivity contribution < 1.29 is 63.4 Å². The van der Waals surface area contributed by atoms with Crippen LogP contribution in [0.25, 0.3) is 0 Å². The number of anilines is 2. The summed E-state index contributed by atoms with van der Waals surface area (Å²) >= 11 is 2.54. The van der Waals surface area contributed by atoms with Crippen LogP contribution in [0.4, 0.5) is 50.9 Å². The number of ether oxygens (including phenoxy) is 2. The molecule has 0 bridgehead atoms. The van der Waals surface area contributed by atoms with Crippen molar-refractivity contribution in [2.75, 3.05) is 17.7 Å². The molecular weight excluding hydrogens is 599 g/mol. The monoisotopic (exact) mass is 610 g/mol. The molecule has 0 spiro atoms. The van der Waals surface area contributed by atoms with Gasteiger partial charge in [0.2, 0.25) is 0 Å². The van der Waals surface area contributed by atoms with Gasteiger partial charge >= 0.3 is 36.5 Å². The maximum absolute atomic E-state index is 14.5. The van der Waals surface area contributed by atoms with Gasteiger partial charge in [0.15, 0.2) is 5.75 Å². The molecule has 2 N–H and O–H groups in total. The third-order valence-electron chi connectivity index (χ3n) is 4.44. The molecule has 0 fully saturated rings. The first-order chi connectivity index (χ1) is 16.9. The van der Waals surface area contributed by atoms with Gasteiger partial charge in [0, 0.05) is 21.3 Å². The molecule has 0 aromatic heterocycles. The lowest BCUT2D eigenvalue weighted by Gasteiger charge is -2.31. The van der Waals surface area contributed by atoms with E-state index in [1.807, 2.05) is 5.32 Å². The Balaban J connectivity index is 2.52. The number of benzene rings is 2. The highest BCUT2D eigenvalue weighted by Crippen LogP contribution is 2.55. The molecule has 37 heavy (non-hydrogen) atoms. The number of methoxy groups -OCH3 is 1. The van der Waals surface area contributed by atoms with Gasteiger partial charge in [-0.15, -0.1) is 0 Å². The van der Waals surface area contributed by atoms with E-state index in [4.69, 9.17) is 0 Å². The predicted molar refractivity (Wildman–Crippen MR) is 111 cm³/mol. The van der Waals surface area contributed by atoms with E-state index < -0.39 is 63.9 Å². The quantitative estimate of drug-likeness (QED) is 0.248. The van der Waals surface area contributed by atoms with Gasteiger partial charge in [-0.25, -0.2) is 9.18 Å². The highest BCUT2D eigenvalue weighted by atomic mass is 79.9. The summed E-state index contributed by atoms with van der Waals surface area (Å²) in [4.78, 5) is 35.4. The van der Waals surface area contributed by atoms with Crippen molar-refractivity contribution in [3.63, 3.8) is 0 Å². The summed E-state index contributed by atoms with van der Waals surface area (Å²) in [5.41, 5.74) is -9.45. The fourth-order valence-electron chi connectivity index (χ4n) is 2.78. The first-order valence-corrected chi connectivity index (χ1v) is 10.1. The van der Waals surface area contributed by atoms with E-state index in [1.165, 1.54) is 12.1 Å². The topological polar surface area (TPSA) is 93.7 Å². The average molecular weight is 611 g/mol. The van der Waals surface area contributed by atoms with Gasteiger partial charge in [-0.05, 0) is 46.3 Å². The molecule has 2 aromatic rings. The van der Waals surface area contributed by atoms with Crippen LogP contribution < -0.4 is 15.4 Å². The Morgan fingerprint density at radius 3 is 2.03 bits per heavy atom. The zero-order chi connectivity index (χ0) is 28.3. The Kier molecular flexibility index (Phi) is 8.72. The number of carbonyl (C=O) groups excluding carboxylic acids is 3. The minimum atomic E-state index is -6.55. The third kappa shape index (κ3) is 6.44. The van der Waals surface area contributed by atoms with Crippen molar-refractivity contribution in [2.24, 2.45) is 0 Å². The van der Waals surface area contributed by atoms with Crippen LogP contribution in [0.15, 0.2) is 40.9 Å². The standard InChI is InChI=1S/C20H12BrF9N2O5/c1-36-16(35)15(34)31-10-4-2-3-8(5-10)14(33)32-13-11(21)6-9(7-12(13)37-17(22)23)18(24,19(25,26)27)20(28,29)30/h2-7,17H,1H3,(H,31,34)(H,32,33). The number of hydrogen-bond donors (Lipinski definition) is 2. The van der Waals surface area contributed by atoms with Crippen molar-refractivity contribution in [1.82, 2.24) is 0 Å². The molecule has 0 saturated heterocycles. The number of halogens is 10. The van der Waals surface area contributed by atoms with Crippen molar-refractivity contribution in [3.05, 3.63) is 52.0 Å². The SMILES string of the molecule is COC(=O)C(=O)Nc1cccc(C(=O)Nc2c(Br)cc(C(F)(C(F)(F)F)C(F)(F)F)cc2OC(F)F)c1. The molecule has 0 aliphatic heterocycles. The Hall–Kier alpha value is -3.50. The fraction of sp³-hybridized carbons (Fsp3) is 0.250. The van der Waals surface area contributed by atoms with Crippen LogP contribution >= 0.6 is 15.9 Å². The predicted octanol–water partition coefficient (Wildman–Crippen LogP) is 5.70. The van der Waals surface area contributed by atoms with Crippen LogP contribution in [-0.2, 0) is 20.0 Å². The molecule has 0 saturated carbocycles. The van der Waals surface area contributed by atoms with Crippen LogP contribution in [0.2, 0.25) is 0 Å². The molecule has 202 valence electrons. The summed E-state index contributed by atoms with van der Waals surface area (Å²) in [5.74, 6) is -5.12. The molecule has 7 nitrogen and oxygen atoms in total. The summed E-state index contributed by atoms with van der Waals surface area (Å²) in [7, 11) is 0.921. The summed E-state index contributed by atoms with van der Waals surface area (Å²) < 4.78 is 126. The van der Waals surface area contributed by atoms with Gasteiger partial charge in [0.05, 0.1) is 12.8 Å². The maximum Gasteiger partial charge on any atom is 0.435 e. The lowest BCUT2D eigenvalue weighted by Crippen LogP contribution is -2.50. The number of amides is 2. The largest absolute Gasteiger partial charge is 0.462 e. The van der Waals surface area contributed by atoms with E-state index in [0.29, 0.717) is 0 Å². The minimum Gasteiger partial charge on any atom is -0.462 e. The molecule has 2 rings (SSSR count). The molecule has 0 aliphatic rings. The lowest BCUT2D eigenvalue weighted by molar-refractivity contribution is -0.348. The Labute approximate surface area is 209 Å². The van der Waals surface area contributed by atoms with Gasteiger partial charge in [0.25, 0.3) is 5.91 Å². The highest BCUT2D eigenvalue weighted by molar-refractivity contribution is 9.10. The number of carbonyl (C=O) groups is 3. The highest BCUT2D eigenvalue weighted by Gasteiger charge is 2.73. The van der Waals surface area contributed by atoms with E-state index in [2.05, 4.69) is 30.7 Å². The Morgan fingerprint density at radius 1 is 0.919 bits per heavy atom. The van der Waals surface area contributed by atoms with E-state index in [9.17, 15) is 53.9 Å². The second-order valence-electron chi connectivity index (χ2n) is 6.84. The van der Waals surface area contributed by atoms with Gasteiger partial charge in [0.1, 0.15) is 0 Å². The van der Waals surface area contributed by atoms with Crippen LogP contribution in [0.3, 0.4) is 0 Å². The minimum absolute atomic E-state index is 0.0120. The van der Waals surface area contributed by atoms with Crippen LogP contribution in [-0.4, -0.2) is 43.9 Å². The maximum atomic E-state index is 14.5. The number of rotatable bonds is 6. The fourth-order valence-corrected chi connectivity index (χ4v) is 3.32. The third-order valence-corrected chi connectivity index (χ3v) is 5.07. The second kappa shape index (κ2) is 10.9. The molecule has 0 heterocycles. The molecule has 0 atom stereocenters. The van der Waals surface area contributed by atoms with Crippen molar-refractivity contribution >= 4 is 45.1 Å². The summed E-state index contributed by atoms with van der Waals surface area (Å²) in [6.07, 6.45) is -13.1. The zero-order valence-electron chi connectivity index (χ0n) is 17.9. The van der Waals surface area contributed by atoms with Gasteiger partial charge in [-0.3, -0.25) is 9.59 Å². The number of hydrogen-bond acceptors (Lipinski definition) is 5. The van der Waals surface area contributed by atoms with E-state index in [1.54, 1.807) is 0 Å². The second-order valence-corrected chi connectivity index (χ2v) is 7.70. The summed E-state index contributed by atoms with van der Waals surface area (Å²) in [6, 6.07) is 4.22. The van der Waals surface area contributed by atoms with E-state index >= 15 is 0 Å². The number of alkyl halides is 9. The molecule has 2 aromatic carbocycles. The summed E-state index contributed by atoms with van der Waals surface area (Å²) in [6.45, 7) is -3.81. The average Bonchev–Trinajstić information content (AvgIpc) is 2.78. The van der Waals surface area contributed by atoms with E-state index in [-0.39, 0.29) is 23.4 Å². The molecule has 0 radical (unpaired) electrons. The smallest absolute Gasteiger partial charge is 0.435 e. The Morgan fingerprint density at radius 2 is 1.51 bits per heavy atom. The van der Waals surface area contributed by atoms with Crippen LogP contribution in [0.5, 0.6) is 5.75 Å². The molecule has 17 heteroatoms. The summed E-state index contributed by atoms with van der Waals surface area (Å²) in [5, 5.41) is 4.01. The Bertz CT molecular complexity index is 1190. The van der Waals surface area contributed by atoms with Gasteiger partial charge in [-0.1, -0.05) is 6.07 Å². The van der Waals surface area contributed by atoms with Crippen LogP contribution in [0, 0.1) is 0 Å². The lowest BCUT2D eigenvalue weighted by atomic mass is 9.93. The number of esters is 1.